The fourth-order valence-corrected chi connectivity index (χ4v) is 3.25. The van der Waals surface area contributed by atoms with E-state index in [0.29, 0.717) is 0 Å². The van der Waals surface area contributed by atoms with E-state index in [1.165, 1.54) is 50.9 Å². The number of rotatable bonds is 6. The van der Waals surface area contributed by atoms with Gasteiger partial charge in [0, 0.05) is 24.7 Å². The standard InChI is InChI=1S/C17H26N2O.ClH/c1-20-17-7-3-2-6-15(17)13-19(16-8-9-16)12-14-5-4-10-18-11-14;/h2-3,6-7,14,16,18H,4-5,8-13H2,1H3;1H. The Morgan fingerprint density at radius 2 is 2.05 bits per heavy atom. The van der Waals surface area contributed by atoms with Gasteiger partial charge in [-0.2, -0.15) is 0 Å². The maximum Gasteiger partial charge on any atom is 0.123 e. The second-order valence-corrected chi connectivity index (χ2v) is 6.18. The molecule has 2 fully saturated rings. The number of piperidine rings is 1. The largest absolute Gasteiger partial charge is 0.496 e. The van der Waals surface area contributed by atoms with Crippen molar-refractivity contribution in [2.24, 2.45) is 5.92 Å². The average molecular weight is 311 g/mol. The number of ether oxygens (including phenoxy) is 1. The minimum atomic E-state index is 0. The molecule has 0 bridgehead atoms. The van der Waals surface area contributed by atoms with Gasteiger partial charge in [0.05, 0.1) is 7.11 Å². The van der Waals surface area contributed by atoms with Gasteiger partial charge in [-0.3, -0.25) is 4.90 Å². The van der Waals surface area contributed by atoms with Gasteiger partial charge in [-0.1, -0.05) is 18.2 Å². The van der Waals surface area contributed by atoms with E-state index in [4.69, 9.17) is 4.74 Å². The SMILES string of the molecule is COc1ccccc1CN(CC1CCCNC1)C1CC1.Cl. The molecule has 0 amide bonds. The zero-order chi connectivity index (χ0) is 13.8. The molecular weight excluding hydrogens is 284 g/mol. The average Bonchev–Trinajstić information content (AvgIpc) is 3.33. The molecule has 1 saturated heterocycles. The van der Waals surface area contributed by atoms with Crippen molar-refractivity contribution >= 4 is 12.4 Å². The van der Waals surface area contributed by atoms with E-state index in [-0.39, 0.29) is 12.4 Å². The number of benzene rings is 1. The third-order valence-electron chi connectivity index (χ3n) is 4.52. The Bertz CT molecular complexity index is 431. The summed E-state index contributed by atoms with van der Waals surface area (Å²) in [5.41, 5.74) is 1.32. The van der Waals surface area contributed by atoms with E-state index in [1.807, 2.05) is 0 Å². The number of methoxy groups -OCH3 is 1. The van der Waals surface area contributed by atoms with E-state index in [9.17, 15) is 0 Å². The lowest BCUT2D eigenvalue weighted by atomic mass is 9.98. The summed E-state index contributed by atoms with van der Waals surface area (Å²) in [6.07, 6.45) is 5.45. The van der Waals surface area contributed by atoms with Crippen molar-refractivity contribution in [3.63, 3.8) is 0 Å². The zero-order valence-corrected chi connectivity index (χ0v) is 13.7. The van der Waals surface area contributed by atoms with Gasteiger partial charge in [-0.15, -0.1) is 12.4 Å². The maximum atomic E-state index is 5.50. The molecule has 4 heteroatoms. The Kier molecular flexibility index (Phi) is 6.34. The molecule has 1 N–H and O–H groups in total. The van der Waals surface area contributed by atoms with Crippen LogP contribution in [0.4, 0.5) is 0 Å². The fourth-order valence-electron chi connectivity index (χ4n) is 3.25. The predicted molar refractivity (Wildman–Crippen MR) is 89.3 cm³/mol. The Morgan fingerprint density at radius 3 is 2.71 bits per heavy atom. The molecule has 2 aliphatic rings. The van der Waals surface area contributed by atoms with Crippen molar-refractivity contribution in [2.75, 3.05) is 26.7 Å². The molecule has 1 saturated carbocycles. The molecule has 21 heavy (non-hydrogen) atoms. The van der Waals surface area contributed by atoms with E-state index in [2.05, 4.69) is 34.5 Å². The number of hydrogen-bond acceptors (Lipinski definition) is 3. The molecule has 3 rings (SSSR count). The highest BCUT2D eigenvalue weighted by atomic mass is 35.5. The summed E-state index contributed by atoms with van der Waals surface area (Å²) in [5, 5.41) is 3.53. The van der Waals surface area contributed by atoms with Crippen LogP contribution in [0.1, 0.15) is 31.2 Å². The lowest BCUT2D eigenvalue weighted by Crippen LogP contribution is -2.39. The Hall–Kier alpha value is -0.770. The van der Waals surface area contributed by atoms with Gasteiger partial charge >= 0.3 is 0 Å². The minimum Gasteiger partial charge on any atom is -0.496 e. The van der Waals surface area contributed by atoms with Crippen molar-refractivity contribution in [2.45, 2.75) is 38.3 Å². The molecule has 1 aromatic rings. The highest BCUT2D eigenvalue weighted by Crippen LogP contribution is 2.31. The van der Waals surface area contributed by atoms with Crippen LogP contribution in [-0.2, 0) is 6.54 Å². The van der Waals surface area contributed by atoms with Crippen LogP contribution in [-0.4, -0.2) is 37.7 Å². The Morgan fingerprint density at radius 1 is 1.24 bits per heavy atom. The lowest BCUT2D eigenvalue weighted by molar-refractivity contribution is 0.191. The van der Waals surface area contributed by atoms with Crippen LogP contribution in [0, 0.1) is 5.92 Å². The van der Waals surface area contributed by atoms with Gasteiger partial charge in [0.15, 0.2) is 0 Å². The smallest absolute Gasteiger partial charge is 0.123 e. The van der Waals surface area contributed by atoms with Gasteiger partial charge in [0.25, 0.3) is 0 Å². The summed E-state index contributed by atoms with van der Waals surface area (Å²) in [7, 11) is 1.77. The minimum absolute atomic E-state index is 0. The molecule has 1 aliphatic heterocycles. The molecule has 1 aromatic carbocycles. The highest BCUT2D eigenvalue weighted by molar-refractivity contribution is 5.85. The summed E-state index contributed by atoms with van der Waals surface area (Å²) >= 11 is 0. The second-order valence-electron chi connectivity index (χ2n) is 6.18. The molecule has 3 nitrogen and oxygen atoms in total. The summed E-state index contributed by atoms with van der Waals surface area (Å²) in [6, 6.07) is 9.25. The first-order valence-corrected chi connectivity index (χ1v) is 7.93. The van der Waals surface area contributed by atoms with Crippen LogP contribution in [0.3, 0.4) is 0 Å². The molecule has 0 spiro atoms. The monoisotopic (exact) mass is 310 g/mol. The number of nitrogens with one attached hydrogen (secondary N) is 1. The fraction of sp³-hybridized carbons (Fsp3) is 0.647. The van der Waals surface area contributed by atoms with Crippen LogP contribution in [0.25, 0.3) is 0 Å². The molecule has 118 valence electrons. The maximum absolute atomic E-state index is 5.50. The summed E-state index contributed by atoms with van der Waals surface area (Å²) < 4.78 is 5.50. The highest BCUT2D eigenvalue weighted by Gasteiger charge is 2.31. The first-order chi connectivity index (χ1) is 9.86. The van der Waals surface area contributed by atoms with Crippen LogP contribution >= 0.6 is 12.4 Å². The van der Waals surface area contributed by atoms with Crippen molar-refractivity contribution in [1.82, 2.24) is 10.2 Å². The van der Waals surface area contributed by atoms with Gasteiger partial charge in [0.2, 0.25) is 0 Å². The summed E-state index contributed by atoms with van der Waals surface area (Å²) in [6.45, 7) is 4.66. The van der Waals surface area contributed by atoms with E-state index < -0.39 is 0 Å². The predicted octanol–water partition coefficient (Wildman–Crippen LogP) is 3.08. The third kappa shape index (κ3) is 4.60. The first kappa shape index (κ1) is 16.6. The number of para-hydroxylation sites is 1. The number of halogens is 1. The molecule has 0 aromatic heterocycles. The van der Waals surface area contributed by atoms with Gasteiger partial charge in [-0.25, -0.2) is 0 Å². The zero-order valence-electron chi connectivity index (χ0n) is 12.9. The topological polar surface area (TPSA) is 24.5 Å². The number of hydrogen-bond donors (Lipinski definition) is 1. The molecule has 1 atom stereocenters. The third-order valence-corrected chi connectivity index (χ3v) is 4.52. The van der Waals surface area contributed by atoms with Crippen LogP contribution in [0.15, 0.2) is 24.3 Å². The van der Waals surface area contributed by atoms with E-state index in [1.54, 1.807) is 7.11 Å². The van der Waals surface area contributed by atoms with Crippen molar-refractivity contribution < 1.29 is 4.74 Å². The molecule has 1 unspecified atom stereocenters. The summed E-state index contributed by atoms with van der Waals surface area (Å²) in [5.74, 6) is 1.85. The summed E-state index contributed by atoms with van der Waals surface area (Å²) in [4.78, 5) is 2.68. The van der Waals surface area contributed by atoms with Crippen LogP contribution in [0.5, 0.6) is 5.75 Å². The lowest BCUT2D eigenvalue weighted by Gasteiger charge is -2.30. The van der Waals surface area contributed by atoms with Gasteiger partial charge < -0.3 is 10.1 Å². The molecule has 1 heterocycles. The van der Waals surface area contributed by atoms with Gasteiger partial charge in [-0.05, 0) is 50.8 Å². The van der Waals surface area contributed by atoms with Crippen molar-refractivity contribution in [3.05, 3.63) is 29.8 Å². The normalized spacial score (nSPS) is 21.9. The molecule has 1 aliphatic carbocycles. The second kappa shape index (κ2) is 8.02. The van der Waals surface area contributed by atoms with Crippen LogP contribution in [0.2, 0.25) is 0 Å². The Balaban J connectivity index is 0.00000161. The van der Waals surface area contributed by atoms with E-state index in [0.717, 1.165) is 24.3 Å². The quantitative estimate of drug-likeness (QED) is 0.874. The number of nitrogens with zero attached hydrogens (tertiary/aromatic N) is 1. The van der Waals surface area contributed by atoms with E-state index >= 15 is 0 Å². The molecule has 0 radical (unpaired) electrons. The van der Waals surface area contributed by atoms with Crippen molar-refractivity contribution in [1.29, 1.82) is 0 Å². The van der Waals surface area contributed by atoms with Crippen molar-refractivity contribution in [3.8, 4) is 5.75 Å². The van der Waals surface area contributed by atoms with Gasteiger partial charge in [0.1, 0.15) is 5.75 Å². The first-order valence-electron chi connectivity index (χ1n) is 7.93. The Labute approximate surface area is 134 Å². The molecular formula is C17H27ClN2O. The van der Waals surface area contributed by atoms with Crippen LogP contribution < -0.4 is 10.1 Å².